The predicted octanol–water partition coefficient (Wildman–Crippen LogP) is 16.8. The van der Waals surface area contributed by atoms with E-state index < -0.39 is 0 Å². The Morgan fingerprint density at radius 3 is 0.959 bits per heavy atom. The van der Waals surface area contributed by atoms with Crippen molar-refractivity contribution in [3.8, 4) is 0 Å². The second-order valence-corrected chi connectivity index (χ2v) is 16.5. The van der Waals surface area contributed by atoms with E-state index in [0.29, 0.717) is 12.0 Å². The summed E-state index contributed by atoms with van der Waals surface area (Å²) in [6.45, 7) is 9.43. The Morgan fingerprint density at radius 2 is 0.653 bits per heavy atom. The highest BCUT2D eigenvalue weighted by Gasteiger charge is 2.25. The Labute approximate surface area is 310 Å². The average molecular weight is 686 g/mol. The smallest absolute Gasteiger partial charge is 0.247 e. The first-order valence-corrected chi connectivity index (χ1v) is 23.3. The van der Waals surface area contributed by atoms with Crippen LogP contribution in [-0.4, -0.2) is 4.98 Å². The van der Waals surface area contributed by atoms with E-state index in [1.807, 2.05) is 0 Å². The number of aromatic amines is 1. The fraction of sp³-hybridized carbons (Fsp3) is 0.936. The van der Waals surface area contributed by atoms with Gasteiger partial charge in [0.15, 0.2) is 0 Å². The van der Waals surface area contributed by atoms with E-state index in [1.165, 1.54) is 244 Å². The highest BCUT2D eigenvalue weighted by atomic mass is 15.1. The third kappa shape index (κ3) is 28.5. The lowest BCUT2D eigenvalue weighted by Gasteiger charge is -2.17. The number of nitrogens with one attached hydrogen (secondary N) is 1. The lowest BCUT2D eigenvalue weighted by molar-refractivity contribution is -0.727. The molecule has 1 aromatic heterocycles. The minimum absolute atomic E-state index is 0.617. The standard InChI is InChI=1S/C47H92N2/c1-5-8-11-14-17-20-22-23-24-25-27-30-33-36-39-42-46(41-38-35-32-29-26-21-18-15-12-9-6-2)47-48-43-44-49(47)45(4)40-37-34-31-28-19-16-13-10-7-3/h43-46H,5-42H2,1-4H3/p+1. The van der Waals surface area contributed by atoms with Crippen molar-refractivity contribution in [2.45, 2.75) is 284 Å². The molecule has 2 unspecified atom stereocenters. The molecule has 2 heteroatoms. The lowest BCUT2D eigenvalue weighted by Crippen LogP contribution is -2.41. The van der Waals surface area contributed by atoms with Crippen LogP contribution in [0.3, 0.4) is 0 Å². The van der Waals surface area contributed by atoms with Gasteiger partial charge in [-0.25, -0.2) is 9.55 Å². The van der Waals surface area contributed by atoms with E-state index in [2.05, 4.69) is 49.6 Å². The van der Waals surface area contributed by atoms with Crippen LogP contribution >= 0.6 is 0 Å². The van der Waals surface area contributed by atoms with Crippen molar-refractivity contribution in [1.29, 1.82) is 0 Å². The zero-order valence-electron chi connectivity index (χ0n) is 34.6. The molecule has 0 fully saturated rings. The Balaban J connectivity index is 2.37. The van der Waals surface area contributed by atoms with E-state index >= 15 is 0 Å². The van der Waals surface area contributed by atoms with Gasteiger partial charge in [-0.1, -0.05) is 239 Å². The van der Waals surface area contributed by atoms with Gasteiger partial charge in [-0.2, -0.15) is 0 Å². The van der Waals surface area contributed by atoms with Gasteiger partial charge in [0, 0.05) is 0 Å². The van der Waals surface area contributed by atoms with Crippen LogP contribution in [0.2, 0.25) is 0 Å². The Kier molecular flexibility index (Phi) is 34.9. The second kappa shape index (κ2) is 37.0. The van der Waals surface area contributed by atoms with Crippen molar-refractivity contribution in [1.82, 2.24) is 4.98 Å². The molecule has 0 aromatic carbocycles. The quantitative estimate of drug-likeness (QED) is 0.0524. The fourth-order valence-corrected chi connectivity index (χ4v) is 8.20. The summed E-state index contributed by atoms with van der Waals surface area (Å²) < 4.78 is 2.65. The van der Waals surface area contributed by atoms with Crippen molar-refractivity contribution in [3.05, 3.63) is 18.2 Å². The zero-order chi connectivity index (χ0) is 35.3. The normalized spacial score (nSPS) is 13.0. The average Bonchev–Trinajstić information content (AvgIpc) is 3.60. The van der Waals surface area contributed by atoms with Gasteiger partial charge in [-0.15, -0.1) is 0 Å². The first-order valence-electron chi connectivity index (χ1n) is 23.3. The molecule has 290 valence electrons. The van der Waals surface area contributed by atoms with E-state index in [-0.39, 0.29) is 0 Å². The molecule has 2 nitrogen and oxygen atoms in total. The van der Waals surface area contributed by atoms with Crippen LogP contribution in [0.1, 0.15) is 289 Å². The van der Waals surface area contributed by atoms with Crippen molar-refractivity contribution in [3.63, 3.8) is 0 Å². The molecule has 0 aliphatic heterocycles. The molecule has 2 atom stereocenters. The van der Waals surface area contributed by atoms with Gasteiger partial charge >= 0.3 is 0 Å². The second-order valence-electron chi connectivity index (χ2n) is 16.5. The third-order valence-corrected chi connectivity index (χ3v) is 11.6. The SMILES string of the molecule is CCCCCCCCCCCCCCCCCC(CCCCCCCCCCCCC)c1[nH]cc[n+]1C(C)CCCCCCCCCCC. The molecule has 0 spiro atoms. The van der Waals surface area contributed by atoms with Crippen molar-refractivity contribution in [2.75, 3.05) is 0 Å². The molecule has 0 radical (unpaired) electrons. The summed E-state index contributed by atoms with van der Waals surface area (Å²) in [5, 5.41) is 0. The number of H-pyrrole nitrogens is 1. The maximum absolute atomic E-state index is 3.78. The van der Waals surface area contributed by atoms with Gasteiger partial charge in [0.25, 0.3) is 5.82 Å². The summed E-state index contributed by atoms with van der Waals surface area (Å²) in [6.07, 6.45) is 59.1. The molecule has 49 heavy (non-hydrogen) atoms. The molecule has 0 amide bonds. The maximum atomic E-state index is 3.78. The first-order chi connectivity index (χ1) is 24.2. The van der Waals surface area contributed by atoms with E-state index in [0.717, 1.165) is 0 Å². The molecule has 0 aliphatic rings. The summed E-state index contributed by atoms with van der Waals surface area (Å²) >= 11 is 0. The van der Waals surface area contributed by atoms with Crippen molar-refractivity contribution >= 4 is 0 Å². The van der Waals surface area contributed by atoms with Crippen molar-refractivity contribution in [2.24, 2.45) is 0 Å². The van der Waals surface area contributed by atoms with Gasteiger partial charge < -0.3 is 0 Å². The number of rotatable bonds is 40. The number of hydrogen-bond acceptors (Lipinski definition) is 0. The summed E-state index contributed by atoms with van der Waals surface area (Å²) in [6, 6.07) is 0.617. The first kappa shape index (κ1) is 46.2. The minimum Gasteiger partial charge on any atom is -0.247 e. The Hall–Kier alpha value is -0.790. The molecule has 1 rings (SSSR count). The van der Waals surface area contributed by atoms with Gasteiger partial charge in [-0.05, 0) is 32.6 Å². The molecule has 0 bridgehead atoms. The third-order valence-electron chi connectivity index (χ3n) is 11.6. The molecule has 1 aromatic rings. The number of imidazole rings is 1. The Bertz CT molecular complexity index is 753. The molecular formula is C47H93N2+. The predicted molar refractivity (Wildman–Crippen MR) is 221 cm³/mol. The summed E-state index contributed by atoms with van der Waals surface area (Å²) in [5.74, 6) is 2.25. The van der Waals surface area contributed by atoms with Crippen LogP contribution in [-0.2, 0) is 0 Å². The topological polar surface area (TPSA) is 19.7 Å². The largest absolute Gasteiger partial charge is 0.257 e. The van der Waals surface area contributed by atoms with Crippen LogP contribution in [0.25, 0.3) is 0 Å². The van der Waals surface area contributed by atoms with Gasteiger partial charge in [0.2, 0.25) is 0 Å². The van der Waals surface area contributed by atoms with E-state index in [9.17, 15) is 0 Å². The molecule has 0 saturated carbocycles. The summed E-state index contributed by atoms with van der Waals surface area (Å²) in [5.41, 5.74) is 0. The van der Waals surface area contributed by atoms with E-state index in [1.54, 1.807) is 5.82 Å². The highest BCUT2D eigenvalue weighted by Crippen LogP contribution is 2.28. The highest BCUT2D eigenvalue weighted by molar-refractivity contribution is 4.90. The maximum Gasteiger partial charge on any atom is 0.257 e. The summed E-state index contributed by atoms with van der Waals surface area (Å²) in [7, 11) is 0. The number of nitrogens with zero attached hydrogens (tertiary/aromatic N) is 1. The van der Waals surface area contributed by atoms with Crippen LogP contribution in [0.4, 0.5) is 0 Å². The minimum atomic E-state index is 0.617. The summed E-state index contributed by atoms with van der Waals surface area (Å²) in [4.78, 5) is 3.78. The number of unbranched alkanes of at least 4 members (excludes halogenated alkanes) is 32. The fourth-order valence-electron chi connectivity index (χ4n) is 8.20. The van der Waals surface area contributed by atoms with Crippen LogP contribution < -0.4 is 4.57 Å². The molecule has 0 aliphatic carbocycles. The monoisotopic (exact) mass is 686 g/mol. The molecular weight excluding hydrogens is 593 g/mol. The number of aromatic nitrogens is 2. The lowest BCUT2D eigenvalue weighted by atomic mass is 9.92. The van der Waals surface area contributed by atoms with Gasteiger partial charge in [0.1, 0.15) is 12.4 Å². The molecule has 1 heterocycles. The molecule has 0 saturated heterocycles. The Morgan fingerprint density at radius 1 is 0.388 bits per heavy atom. The van der Waals surface area contributed by atoms with Crippen LogP contribution in [0, 0.1) is 0 Å². The van der Waals surface area contributed by atoms with Gasteiger partial charge in [0.05, 0.1) is 12.0 Å². The van der Waals surface area contributed by atoms with Crippen LogP contribution in [0.15, 0.2) is 12.4 Å². The molecule has 1 N–H and O–H groups in total. The number of hydrogen-bond donors (Lipinski definition) is 1. The zero-order valence-corrected chi connectivity index (χ0v) is 34.6. The van der Waals surface area contributed by atoms with Gasteiger partial charge in [-0.3, -0.25) is 0 Å². The van der Waals surface area contributed by atoms with E-state index in [4.69, 9.17) is 0 Å². The van der Waals surface area contributed by atoms with Crippen molar-refractivity contribution < 1.29 is 4.57 Å². The van der Waals surface area contributed by atoms with Crippen LogP contribution in [0.5, 0.6) is 0 Å².